The molecule has 2 aromatic carbocycles. The molecule has 10 heteroatoms. The van der Waals surface area contributed by atoms with Gasteiger partial charge in [-0.15, -0.1) is 0 Å². The predicted molar refractivity (Wildman–Crippen MR) is 152 cm³/mol. The van der Waals surface area contributed by atoms with E-state index < -0.39 is 59.3 Å². The molecule has 0 radical (unpaired) electrons. The Morgan fingerprint density at radius 2 is 1.76 bits per heavy atom. The summed E-state index contributed by atoms with van der Waals surface area (Å²) in [4.78, 5) is 31.9. The first-order valence-electron chi connectivity index (χ1n) is 13.7. The molecule has 0 saturated carbocycles. The number of carboxylic acid groups (broad SMARTS) is 1. The lowest BCUT2D eigenvalue weighted by Gasteiger charge is -2.34. The Morgan fingerprint density at radius 3 is 2.33 bits per heavy atom. The highest BCUT2D eigenvalue weighted by molar-refractivity contribution is 5.82. The normalized spacial score (nSPS) is 20.5. The lowest BCUT2D eigenvalue weighted by Crippen LogP contribution is -2.47. The van der Waals surface area contributed by atoms with Crippen LogP contribution in [0.4, 0.5) is 13.6 Å². The number of carboxylic acids is 1. The van der Waals surface area contributed by atoms with Crippen molar-refractivity contribution in [1.82, 2.24) is 9.88 Å². The van der Waals surface area contributed by atoms with E-state index in [0.717, 1.165) is 12.1 Å². The zero-order chi connectivity index (χ0) is 30.8. The number of carbonyl (C=O) groups is 2. The highest BCUT2D eigenvalue weighted by Gasteiger charge is 2.59. The summed E-state index contributed by atoms with van der Waals surface area (Å²) in [5.74, 6) is -3.04. The average molecular weight is 583 g/mol. The van der Waals surface area contributed by atoms with E-state index in [4.69, 9.17) is 14.2 Å². The van der Waals surface area contributed by atoms with Crippen LogP contribution in [0, 0.1) is 23.0 Å². The van der Waals surface area contributed by atoms with Crippen LogP contribution >= 0.6 is 0 Å². The van der Waals surface area contributed by atoms with Gasteiger partial charge in [0.2, 0.25) is 5.88 Å². The molecule has 1 amide bonds. The number of nitrogens with zero attached hydrogens (tertiary/aromatic N) is 2. The minimum absolute atomic E-state index is 0.0905. The van der Waals surface area contributed by atoms with Crippen LogP contribution in [0.3, 0.4) is 0 Å². The molecular weight excluding hydrogens is 546 g/mol. The van der Waals surface area contributed by atoms with Gasteiger partial charge in [-0.25, -0.2) is 23.4 Å². The van der Waals surface area contributed by atoms with Gasteiger partial charge in [0.25, 0.3) is 0 Å². The number of aliphatic carboxylic acids is 1. The Balaban J connectivity index is 1.80. The molecule has 4 rings (SSSR count). The Labute approximate surface area is 244 Å². The topological polar surface area (TPSA) is 98.2 Å². The van der Waals surface area contributed by atoms with Gasteiger partial charge in [-0.1, -0.05) is 51.1 Å². The van der Waals surface area contributed by atoms with Crippen molar-refractivity contribution in [3.8, 4) is 17.0 Å². The lowest BCUT2D eigenvalue weighted by molar-refractivity contribution is -0.145. The number of amides is 1. The first-order valence-corrected chi connectivity index (χ1v) is 13.7. The number of halogens is 2. The molecule has 0 bridgehead atoms. The van der Waals surface area contributed by atoms with Gasteiger partial charge >= 0.3 is 12.1 Å². The molecule has 1 aliphatic heterocycles. The van der Waals surface area contributed by atoms with Crippen LogP contribution in [-0.2, 0) is 20.9 Å². The van der Waals surface area contributed by atoms with E-state index >= 15 is 0 Å². The highest BCUT2D eigenvalue weighted by atomic mass is 19.1. The third kappa shape index (κ3) is 6.38. The smallest absolute Gasteiger partial charge is 0.411 e. The number of carbonyl (C=O) groups excluding carboxylic acids is 1. The van der Waals surface area contributed by atoms with Gasteiger partial charge in [0.15, 0.2) is 0 Å². The van der Waals surface area contributed by atoms with E-state index in [1.54, 1.807) is 19.9 Å². The van der Waals surface area contributed by atoms with Crippen molar-refractivity contribution in [1.29, 1.82) is 0 Å². The molecular formula is C32H36F2N2O6. The minimum atomic E-state index is -1.24. The fraction of sp³-hybridized carbons (Fsp3) is 0.406. The Morgan fingerprint density at radius 1 is 1.07 bits per heavy atom. The minimum Gasteiger partial charge on any atom is -0.481 e. The summed E-state index contributed by atoms with van der Waals surface area (Å²) in [7, 11) is 1.44. The molecule has 2 heterocycles. The van der Waals surface area contributed by atoms with E-state index in [0.29, 0.717) is 16.7 Å². The SMILES string of the molecule is COc1ncc(-c2ccc(F)cc2F)cc1CO[C@H]1[C@H](C(C)(C)C)[C@@H](C(=O)O)N(C(=O)OC(C)C)[C@H]1c1ccccc1. The summed E-state index contributed by atoms with van der Waals surface area (Å²) in [6.07, 6.45) is -0.589. The summed E-state index contributed by atoms with van der Waals surface area (Å²) in [5.41, 5.74) is 1.07. The summed E-state index contributed by atoms with van der Waals surface area (Å²) in [6.45, 7) is 9.03. The number of hydrogen-bond acceptors (Lipinski definition) is 6. The Bertz CT molecular complexity index is 1430. The van der Waals surface area contributed by atoms with Crippen molar-refractivity contribution in [3.63, 3.8) is 0 Å². The van der Waals surface area contributed by atoms with Gasteiger partial charge < -0.3 is 19.3 Å². The number of hydrogen-bond donors (Lipinski definition) is 1. The molecule has 1 fully saturated rings. The van der Waals surface area contributed by atoms with Gasteiger partial charge in [-0.2, -0.15) is 0 Å². The van der Waals surface area contributed by atoms with Gasteiger partial charge in [0.1, 0.15) is 17.7 Å². The molecule has 1 aliphatic rings. The third-order valence-corrected chi connectivity index (χ3v) is 7.34. The first-order chi connectivity index (χ1) is 19.8. The summed E-state index contributed by atoms with van der Waals surface area (Å²) in [5, 5.41) is 10.5. The maximum Gasteiger partial charge on any atom is 0.411 e. The number of benzene rings is 2. The molecule has 0 unspecified atom stereocenters. The van der Waals surface area contributed by atoms with Crippen molar-refractivity contribution in [2.24, 2.45) is 11.3 Å². The van der Waals surface area contributed by atoms with Crippen LogP contribution in [0.2, 0.25) is 0 Å². The monoisotopic (exact) mass is 582 g/mol. The van der Waals surface area contributed by atoms with Gasteiger partial charge in [0, 0.05) is 34.9 Å². The van der Waals surface area contributed by atoms with Crippen molar-refractivity contribution < 1.29 is 37.7 Å². The maximum atomic E-state index is 14.6. The molecule has 0 spiro atoms. The van der Waals surface area contributed by atoms with Crippen LogP contribution in [0.15, 0.2) is 60.8 Å². The van der Waals surface area contributed by atoms with Crippen molar-refractivity contribution in [2.75, 3.05) is 7.11 Å². The predicted octanol–water partition coefficient (Wildman–Crippen LogP) is 6.64. The second kappa shape index (κ2) is 12.4. The fourth-order valence-electron chi connectivity index (χ4n) is 5.65. The van der Waals surface area contributed by atoms with Crippen LogP contribution in [0.5, 0.6) is 5.88 Å². The first kappa shape index (κ1) is 30.9. The van der Waals surface area contributed by atoms with E-state index in [1.165, 1.54) is 24.3 Å². The molecule has 1 N–H and O–H groups in total. The van der Waals surface area contributed by atoms with Gasteiger partial charge in [0.05, 0.1) is 32.0 Å². The van der Waals surface area contributed by atoms with E-state index in [2.05, 4.69) is 4.98 Å². The summed E-state index contributed by atoms with van der Waals surface area (Å²) < 4.78 is 45.7. The Hall–Kier alpha value is -4.05. The van der Waals surface area contributed by atoms with E-state index in [-0.39, 0.29) is 18.1 Å². The molecule has 224 valence electrons. The molecule has 4 atom stereocenters. The van der Waals surface area contributed by atoms with Gasteiger partial charge in [-0.05, 0) is 43.0 Å². The average Bonchev–Trinajstić information content (AvgIpc) is 3.28. The van der Waals surface area contributed by atoms with Crippen LogP contribution in [0.25, 0.3) is 11.1 Å². The van der Waals surface area contributed by atoms with Crippen molar-refractivity contribution >= 4 is 12.1 Å². The van der Waals surface area contributed by atoms with Crippen molar-refractivity contribution in [3.05, 3.63) is 83.6 Å². The second-order valence-electron chi connectivity index (χ2n) is 11.7. The largest absolute Gasteiger partial charge is 0.481 e. The standard InChI is InChI=1S/C32H36F2N2O6/c1-18(2)42-31(39)36-26(19-10-8-7-9-11-19)28(25(32(3,4)5)27(36)30(37)38)41-17-21-14-20(16-35-29(21)40-6)23-13-12-22(33)15-24(23)34/h7-16,18,25-28H,17H2,1-6H3,(H,37,38)/t25-,26+,27+,28+/m1/s1. The number of ether oxygens (including phenoxy) is 3. The van der Waals surface area contributed by atoms with E-state index in [9.17, 15) is 23.5 Å². The molecule has 8 nitrogen and oxygen atoms in total. The molecule has 3 aromatic rings. The highest BCUT2D eigenvalue weighted by Crippen LogP contribution is 2.50. The number of aromatic nitrogens is 1. The Kier molecular flexibility index (Phi) is 9.15. The second-order valence-corrected chi connectivity index (χ2v) is 11.7. The molecule has 42 heavy (non-hydrogen) atoms. The van der Waals surface area contributed by atoms with E-state index in [1.807, 2.05) is 51.1 Å². The zero-order valence-electron chi connectivity index (χ0n) is 24.5. The molecule has 1 aromatic heterocycles. The number of methoxy groups -OCH3 is 1. The van der Waals surface area contributed by atoms with Crippen molar-refractivity contribution in [2.45, 2.75) is 65.5 Å². The third-order valence-electron chi connectivity index (χ3n) is 7.34. The summed E-state index contributed by atoms with van der Waals surface area (Å²) >= 11 is 0. The number of likely N-dealkylation sites (tertiary alicyclic amines) is 1. The van der Waals surface area contributed by atoms with Crippen LogP contribution < -0.4 is 4.74 Å². The maximum absolute atomic E-state index is 14.6. The van der Waals surface area contributed by atoms with Crippen LogP contribution in [-0.4, -0.2) is 52.4 Å². The fourth-order valence-corrected chi connectivity index (χ4v) is 5.65. The molecule has 1 saturated heterocycles. The summed E-state index contributed by atoms with van der Waals surface area (Å²) in [6, 6.07) is 12.0. The number of pyridine rings is 1. The number of rotatable bonds is 8. The van der Waals surface area contributed by atoms with Gasteiger partial charge in [-0.3, -0.25) is 4.90 Å². The molecule has 0 aliphatic carbocycles. The lowest BCUT2D eigenvalue weighted by atomic mass is 9.73. The quantitative estimate of drug-likeness (QED) is 0.318. The van der Waals surface area contributed by atoms with Crippen LogP contribution in [0.1, 0.15) is 51.8 Å². The zero-order valence-corrected chi connectivity index (χ0v) is 24.5.